The standard InChI is InChI=1S/C26H35N3O4S2/c1-3-4-8-19-33-23-15-11-20(12-16-23)25(30)28-26(34)27-21-13-17-24(18-14-21)35(31,32)29(2)22-9-6-5-7-10-22/h11-18,22H,3-10,19H2,1-2H3,(H2,27,28,30,34). The maximum Gasteiger partial charge on any atom is 0.257 e. The van der Waals surface area contributed by atoms with Gasteiger partial charge in [-0.1, -0.05) is 39.0 Å². The molecule has 2 aromatic carbocycles. The summed E-state index contributed by atoms with van der Waals surface area (Å²) in [6, 6.07) is 13.4. The van der Waals surface area contributed by atoms with Crippen LogP contribution in [0.3, 0.4) is 0 Å². The van der Waals surface area contributed by atoms with Gasteiger partial charge in [0.2, 0.25) is 10.0 Å². The van der Waals surface area contributed by atoms with Gasteiger partial charge >= 0.3 is 0 Å². The Balaban J connectivity index is 1.52. The fraction of sp³-hybridized carbons (Fsp3) is 0.462. The van der Waals surface area contributed by atoms with Gasteiger partial charge in [0.25, 0.3) is 5.91 Å². The molecule has 0 bridgehead atoms. The van der Waals surface area contributed by atoms with Crippen molar-refractivity contribution in [1.82, 2.24) is 9.62 Å². The van der Waals surface area contributed by atoms with Crippen LogP contribution in [0.15, 0.2) is 53.4 Å². The first-order chi connectivity index (χ1) is 16.8. The van der Waals surface area contributed by atoms with Crippen molar-refractivity contribution in [3.05, 3.63) is 54.1 Å². The highest BCUT2D eigenvalue weighted by atomic mass is 32.2. The molecule has 1 fully saturated rings. The molecule has 1 aliphatic carbocycles. The van der Waals surface area contributed by atoms with E-state index in [9.17, 15) is 13.2 Å². The molecule has 0 unspecified atom stereocenters. The number of thiocarbonyl (C=S) groups is 1. The molecule has 3 rings (SSSR count). The summed E-state index contributed by atoms with van der Waals surface area (Å²) in [7, 11) is -1.90. The van der Waals surface area contributed by atoms with Crippen molar-refractivity contribution < 1.29 is 17.9 Å². The number of hydrogen-bond acceptors (Lipinski definition) is 5. The third-order valence-corrected chi connectivity index (χ3v) is 8.37. The minimum absolute atomic E-state index is 0.0519. The van der Waals surface area contributed by atoms with E-state index in [1.807, 2.05) is 0 Å². The first-order valence-electron chi connectivity index (χ1n) is 12.2. The third kappa shape index (κ3) is 7.75. The van der Waals surface area contributed by atoms with E-state index in [4.69, 9.17) is 17.0 Å². The fourth-order valence-electron chi connectivity index (χ4n) is 4.10. The SMILES string of the molecule is CCCCCOc1ccc(C(=O)NC(=S)Nc2ccc(S(=O)(=O)N(C)C3CCCCC3)cc2)cc1. The van der Waals surface area contributed by atoms with Crippen LogP contribution in [0.5, 0.6) is 5.75 Å². The molecule has 35 heavy (non-hydrogen) atoms. The topological polar surface area (TPSA) is 87.7 Å². The van der Waals surface area contributed by atoms with Crippen LogP contribution in [0, 0.1) is 0 Å². The van der Waals surface area contributed by atoms with Crippen LogP contribution in [0.25, 0.3) is 0 Å². The average molecular weight is 518 g/mol. The zero-order chi connectivity index (χ0) is 25.3. The van der Waals surface area contributed by atoms with Gasteiger partial charge < -0.3 is 10.1 Å². The second-order valence-corrected chi connectivity index (χ2v) is 11.2. The van der Waals surface area contributed by atoms with Crippen LogP contribution in [0.2, 0.25) is 0 Å². The lowest BCUT2D eigenvalue weighted by molar-refractivity contribution is 0.0977. The number of nitrogens with zero attached hydrogens (tertiary/aromatic N) is 1. The highest BCUT2D eigenvalue weighted by molar-refractivity contribution is 7.89. The molecule has 1 aliphatic rings. The summed E-state index contributed by atoms with van der Waals surface area (Å²) >= 11 is 5.26. The Bertz CT molecular complexity index is 1080. The Morgan fingerprint density at radius 1 is 1.03 bits per heavy atom. The molecule has 0 heterocycles. The van der Waals surface area contributed by atoms with Crippen LogP contribution < -0.4 is 15.4 Å². The number of rotatable bonds is 10. The predicted octanol–water partition coefficient (Wildman–Crippen LogP) is 5.34. The molecule has 190 valence electrons. The molecule has 0 atom stereocenters. The zero-order valence-electron chi connectivity index (χ0n) is 20.5. The quantitative estimate of drug-likeness (QED) is 0.327. The number of nitrogens with one attached hydrogen (secondary N) is 2. The van der Waals surface area contributed by atoms with E-state index in [-0.39, 0.29) is 22.0 Å². The normalized spacial score (nSPS) is 14.5. The van der Waals surface area contributed by atoms with Gasteiger partial charge in [-0.2, -0.15) is 4.31 Å². The summed E-state index contributed by atoms with van der Waals surface area (Å²) in [5.41, 5.74) is 1.05. The van der Waals surface area contributed by atoms with Crippen LogP contribution in [-0.4, -0.2) is 43.4 Å². The first-order valence-corrected chi connectivity index (χ1v) is 14.1. The molecular formula is C26H35N3O4S2. The van der Waals surface area contributed by atoms with Gasteiger partial charge in [0.05, 0.1) is 11.5 Å². The van der Waals surface area contributed by atoms with Crippen molar-refractivity contribution in [3.8, 4) is 5.75 Å². The molecule has 2 N–H and O–H groups in total. The van der Waals surface area contributed by atoms with Gasteiger partial charge in [0.1, 0.15) is 5.75 Å². The summed E-state index contributed by atoms with van der Waals surface area (Å²) in [5.74, 6) is 0.385. The van der Waals surface area contributed by atoms with E-state index in [1.54, 1.807) is 55.6 Å². The van der Waals surface area contributed by atoms with Crippen LogP contribution in [0.1, 0.15) is 68.6 Å². The molecule has 0 spiro atoms. The smallest absolute Gasteiger partial charge is 0.257 e. The average Bonchev–Trinajstić information content (AvgIpc) is 2.87. The van der Waals surface area contributed by atoms with Gasteiger partial charge in [-0.15, -0.1) is 0 Å². The molecule has 1 saturated carbocycles. The molecule has 2 aromatic rings. The highest BCUT2D eigenvalue weighted by Gasteiger charge is 2.28. The first kappa shape index (κ1) is 27.1. The van der Waals surface area contributed by atoms with E-state index < -0.39 is 10.0 Å². The van der Waals surface area contributed by atoms with Gasteiger partial charge in [-0.3, -0.25) is 10.1 Å². The molecule has 9 heteroatoms. The molecule has 7 nitrogen and oxygen atoms in total. The maximum absolute atomic E-state index is 13.0. The monoisotopic (exact) mass is 517 g/mol. The lowest BCUT2D eigenvalue weighted by atomic mass is 9.96. The zero-order valence-corrected chi connectivity index (χ0v) is 22.1. The molecule has 0 aromatic heterocycles. The molecule has 0 saturated heterocycles. The lowest BCUT2D eigenvalue weighted by Crippen LogP contribution is -2.38. The second-order valence-electron chi connectivity index (χ2n) is 8.83. The van der Waals surface area contributed by atoms with E-state index in [1.165, 1.54) is 10.7 Å². The molecular weight excluding hydrogens is 482 g/mol. The summed E-state index contributed by atoms with van der Waals surface area (Å²) < 4.78 is 33.2. The Labute approximate surface area is 214 Å². The van der Waals surface area contributed by atoms with E-state index in [2.05, 4.69) is 17.6 Å². The Morgan fingerprint density at radius 3 is 2.31 bits per heavy atom. The molecule has 0 aliphatic heterocycles. The number of hydrogen-bond donors (Lipinski definition) is 2. The van der Waals surface area contributed by atoms with Crippen LogP contribution >= 0.6 is 12.2 Å². The van der Waals surface area contributed by atoms with Crippen LogP contribution in [-0.2, 0) is 10.0 Å². The maximum atomic E-state index is 13.0. The largest absolute Gasteiger partial charge is 0.494 e. The summed E-state index contributed by atoms with van der Waals surface area (Å²) in [6.07, 6.45) is 8.36. The number of ether oxygens (including phenoxy) is 1. The number of carbonyl (C=O) groups excluding carboxylic acids is 1. The van der Waals surface area contributed by atoms with Crippen molar-refractivity contribution in [3.63, 3.8) is 0 Å². The van der Waals surface area contributed by atoms with E-state index >= 15 is 0 Å². The summed E-state index contributed by atoms with van der Waals surface area (Å²) in [5, 5.41) is 5.71. The lowest BCUT2D eigenvalue weighted by Gasteiger charge is -2.30. The van der Waals surface area contributed by atoms with Gasteiger partial charge in [-0.25, -0.2) is 8.42 Å². The van der Waals surface area contributed by atoms with Crippen molar-refractivity contribution in [2.75, 3.05) is 19.0 Å². The van der Waals surface area contributed by atoms with Crippen molar-refractivity contribution in [2.24, 2.45) is 0 Å². The highest BCUT2D eigenvalue weighted by Crippen LogP contribution is 2.27. The minimum Gasteiger partial charge on any atom is -0.494 e. The van der Waals surface area contributed by atoms with Crippen molar-refractivity contribution in [2.45, 2.75) is 69.2 Å². The number of sulfonamides is 1. The Morgan fingerprint density at radius 2 is 1.69 bits per heavy atom. The van der Waals surface area contributed by atoms with E-state index in [0.717, 1.165) is 50.7 Å². The summed E-state index contributed by atoms with van der Waals surface area (Å²) in [6.45, 7) is 2.80. The second kappa shape index (κ2) is 13.0. The minimum atomic E-state index is -3.56. The summed E-state index contributed by atoms with van der Waals surface area (Å²) in [4.78, 5) is 12.7. The molecule has 1 amide bonds. The predicted molar refractivity (Wildman–Crippen MR) is 143 cm³/mol. The molecule has 0 radical (unpaired) electrons. The van der Waals surface area contributed by atoms with Crippen molar-refractivity contribution >= 4 is 38.9 Å². The number of unbranched alkanes of at least 4 members (excludes halogenated alkanes) is 2. The van der Waals surface area contributed by atoms with E-state index in [0.29, 0.717) is 17.9 Å². The van der Waals surface area contributed by atoms with Gasteiger partial charge in [-0.05, 0) is 80.0 Å². The Hall–Kier alpha value is -2.49. The Kier molecular flexibility index (Phi) is 10.1. The number of benzene rings is 2. The number of anilines is 1. The third-order valence-electron chi connectivity index (χ3n) is 6.24. The van der Waals surface area contributed by atoms with Crippen LogP contribution in [0.4, 0.5) is 5.69 Å². The number of amides is 1. The van der Waals surface area contributed by atoms with Gasteiger partial charge in [0.15, 0.2) is 5.11 Å². The fourth-order valence-corrected chi connectivity index (χ4v) is 5.73. The van der Waals surface area contributed by atoms with Gasteiger partial charge in [0, 0.05) is 24.3 Å². The van der Waals surface area contributed by atoms with Crippen molar-refractivity contribution in [1.29, 1.82) is 0 Å². The number of carbonyl (C=O) groups is 1.